The molecule has 0 unspecified atom stereocenters. The summed E-state index contributed by atoms with van der Waals surface area (Å²) in [4.78, 5) is 16.3. The first-order chi connectivity index (χ1) is 12.5. The summed E-state index contributed by atoms with van der Waals surface area (Å²) in [5, 5.41) is 6.74. The predicted molar refractivity (Wildman–Crippen MR) is 96.2 cm³/mol. The van der Waals surface area contributed by atoms with Crippen molar-refractivity contribution in [1.82, 2.24) is 19.5 Å². The second-order valence-corrected chi connectivity index (χ2v) is 7.13. The zero-order valence-electron chi connectivity index (χ0n) is 13.7. The zero-order chi connectivity index (χ0) is 18.4. The van der Waals surface area contributed by atoms with Crippen LogP contribution >= 0.6 is 0 Å². The molecular weight excluding hydrogens is 354 g/mol. The number of benzene rings is 1. The molecule has 0 aliphatic rings. The Balaban J connectivity index is 1.50. The first-order valence-electron chi connectivity index (χ1n) is 7.85. The number of nitrogens with zero attached hydrogens (tertiary/aromatic N) is 3. The van der Waals surface area contributed by atoms with Crippen LogP contribution in [0, 0.1) is 0 Å². The number of nitrogens with one attached hydrogen (secondary N) is 2. The number of pyridine rings is 1. The van der Waals surface area contributed by atoms with Gasteiger partial charge in [-0.1, -0.05) is 18.2 Å². The van der Waals surface area contributed by atoms with Gasteiger partial charge in [0.05, 0.1) is 16.8 Å². The molecule has 3 aromatic rings. The Morgan fingerprint density at radius 1 is 1.08 bits per heavy atom. The topological polar surface area (TPSA) is 106 Å². The molecule has 9 heteroatoms. The van der Waals surface area contributed by atoms with E-state index in [4.69, 9.17) is 0 Å². The van der Waals surface area contributed by atoms with Crippen LogP contribution in [0.2, 0.25) is 0 Å². The molecule has 1 amide bonds. The molecule has 0 fully saturated rings. The highest BCUT2D eigenvalue weighted by atomic mass is 32.2. The predicted octanol–water partition coefficient (Wildman–Crippen LogP) is 1.57. The molecule has 0 radical (unpaired) electrons. The lowest BCUT2D eigenvalue weighted by atomic mass is 10.3. The highest BCUT2D eigenvalue weighted by Gasteiger charge is 2.13. The number of rotatable bonds is 7. The van der Waals surface area contributed by atoms with Gasteiger partial charge in [-0.25, -0.2) is 22.8 Å². The first kappa shape index (κ1) is 17.8. The van der Waals surface area contributed by atoms with E-state index in [1.165, 1.54) is 18.3 Å². The van der Waals surface area contributed by atoms with E-state index in [0.29, 0.717) is 11.5 Å². The maximum absolute atomic E-state index is 12.1. The summed E-state index contributed by atoms with van der Waals surface area (Å²) in [6.45, 7) is 0.00185. The minimum atomic E-state index is -3.61. The van der Waals surface area contributed by atoms with Crippen molar-refractivity contribution in [2.45, 2.75) is 11.3 Å². The molecule has 0 spiro atoms. The van der Waals surface area contributed by atoms with Crippen molar-refractivity contribution in [3.8, 4) is 5.82 Å². The second kappa shape index (κ2) is 7.89. The van der Waals surface area contributed by atoms with Gasteiger partial charge in [-0.3, -0.25) is 4.79 Å². The fourth-order valence-corrected chi connectivity index (χ4v) is 3.26. The molecule has 0 bridgehead atoms. The molecule has 3 rings (SSSR count). The number of amides is 1. The summed E-state index contributed by atoms with van der Waals surface area (Å²) in [5.74, 6) is 0.318. The Labute approximate surface area is 150 Å². The van der Waals surface area contributed by atoms with Crippen LogP contribution in [0.1, 0.15) is 6.42 Å². The summed E-state index contributed by atoms with van der Waals surface area (Å²) < 4.78 is 28.1. The molecule has 0 aliphatic heterocycles. The Morgan fingerprint density at radius 3 is 2.54 bits per heavy atom. The third-order valence-electron chi connectivity index (χ3n) is 3.47. The molecule has 8 nitrogen and oxygen atoms in total. The van der Waals surface area contributed by atoms with Crippen LogP contribution in [0.5, 0.6) is 0 Å². The van der Waals surface area contributed by atoms with Gasteiger partial charge in [-0.15, -0.1) is 0 Å². The van der Waals surface area contributed by atoms with Crippen LogP contribution in [0.4, 0.5) is 5.69 Å². The van der Waals surface area contributed by atoms with E-state index in [0.717, 1.165) is 0 Å². The number of hydrogen-bond donors (Lipinski definition) is 2. The lowest BCUT2D eigenvalue weighted by molar-refractivity contribution is -0.116. The van der Waals surface area contributed by atoms with E-state index in [1.54, 1.807) is 53.5 Å². The van der Waals surface area contributed by atoms with Gasteiger partial charge in [0.25, 0.3) is 0 Å². The van der Waals surface area contributed by atoms with E-state index in [9.17, 15) is 13.2 Å². The highest BCUT2D eigenvalue weighted by Crippen LogP contribution is 2.10. The van der Waals surface area contributed by atoms with E-state index in [2.05, 4.69) is 20.1 Å². The van der Waals surface area contributed by atoms with Crippen molar-refractivity contribution in [2.75, 3.05) is 11.9 Å². The van der Waals surface area contributed by atoms with E-state index in [1.807, 2.05) is 0 Å². The zero-order valence-corrected chi connectivity index (χ0v) is 14.6. The van der Waals surface area contributed by atoms with Crippen LogP contribution in [0.15, 0.2) is 72.0 Å². The minimum absolute atomic E-state index is 0.00185. The molecule has 0 saturated carbocycles. The first-order valence-corrected chi connectivity index (χ1v) is 9.33. The summed E-state index contributed by atoms with van der Waals surface area (Å²) in [7, 11) is -3.61. The van der Waals surface area contributed by atoms with Crippen LogP contribution in [0.3, 0.4) is 0 Å². The molecule has 0 atom stereocenters. The molecule has 2 heterocycles. The highest BCUT2D eigenvalue weighted by molar-refractivity contribution is 7.89. The van der Waals surface area contributed by atoms with Gasteiger partial charge in [-0.05, 0) is 30.3 Å². The average Bonchev–Trinajstić information content (AvgIpc) is 3.18. The fourth-order valence-electron chi connectivity index (χ4n) is 2.21. The van der Waals surface area contributed by atoms with E-state index < -0.39 is 10.0 Å². The lowest BCUT2D eigenvalue weighted by Crippen LogP contribution is -2.27. The molecule has 1 aromatic carbocycles. The maximum Gasteiger partial charge on any atom is 0.240 e. The smallest absolute Gasteiger partial charge is 0.240 e. The van der Waals surface area contributed by atoms with Crippen molar-refractivity contribution in [3.05, 3.63) is 67.1 Å². The van der Waals surface area contributed by atoms with Crippen LogP contribution < -0.4 is 10.0 Å². The number of carbonyl (C=O) groups excluding carboxylic acids is 1. The molecule has 0 aliphatic carbocycles. The van der Waals surface area contributed by atoms with Crippen molar-refractivity contribution in [2.24, 2.45) is 0 Å². The fraction of sp³-hybridized carbons (Fsp3) is 0.118. The summed E-state index contributed by atoms with van der Waals surface area (Å²) in [6, 6.07) is 13.2. The molecular formula is C17H17N5O3S. The molecule has 134 valence electrons. The molecule has 2 N–H and O–H groups in total. The Morgan fingerprint density at radius 2 is 1.88 bits per heavy atom. The Bertz CT molecular complexity index is 955. The number of hydrogen-bond acceptors (Lipinski definition) is 5. The van der Waals surface area contributed by atoms with Gasteiger partial charge in [0.15, 0.2) is 5.82 Å². The average molecular weight is 371 g/mol. The van der Waals surface area contributed by atoms with Crippen LogP contribution in [0.25, 0.3) is 5.82 Å². The van der Waals surface area contributed by atoms with E-state index >= 15 is 0 Å². The summed E-state index contributed by atoms with van der Waals surface area (Å²) >= 11 is 0. The van der Waals surface area contributed by atoms with Crippen molar-refractivity contribution in [3.63, 3.8) is 0 Å². The Kier molecular flexibility index (Phi) is 5.40. The van der Waals surface area contributed by atoms with Gasteiger partial charge in [0.1, 0.15) is 0 Å². The van der Waals surface area contributed by atoms with Gasteiger partial charge in [0.2, 0.25) is 15.9 Å². The van der Waals surface area contributed by atoms with Crippen molar-refractivity contribution >= 4 is 21.6 Å². The number of sulfonamides is 1. The lowest BCUT2D eigenvalue weighted by Gasteiger charge is -2.08. The Hall–Kier alpha value is -3.04. The quantitative estimate of drug-likeness (QED) is 0.656. The molecule has 26 heavy (non-hydrogen) atoms. The summed E-state index contributed by atoms with van der Waals surface area (Å²) in [5.41, 5.74) is 0.525. The van der Waals surface area contributed by atoms with Gasteiger partial charge in [0, 0.05) is 25.4 Å². The normalized spacial score (nSPS) is 11.2. The van der Waals surface area contributed by atoms with Crippen LogP contribution in [-0.4, -0.2) is 35.6 Å². The van der Waals surface area contributed by atoms with Gasteiger partial charge in [-0.2, -0.15) is 5.10 Å². The number of carbonyl (C=O) groups is 1. The SMILES string of the molecule is O=C(CCNS(=O)(=O)c1ccccc1)Nc1ccc(-n2cccn2)nc1. The van der Waals surface area contributed by atoms with Crippen LogP contribution in [-0.2, 0) is 14.8 Å². The summed E-state index contributed by atoms with van der Waals surface area (Å²) in [6.07, 6.45) is 4.93. The van der Waals surface area contributed by atoms with Gasteiger partial charge >= 0.3 is 0 Å². The molecule has 0 saturated heterocycles. The van der Waals surface area contributed by atoms with E-state index in [-0.39, 0.29) is 23.8 Å². The minimum Gasteiger partial charge on any atom is -0.325 e. The monoisotopic (exact) mass is 371 g/mol. The number of aromatic nitrogens is 3. The second-order valence-electron chi connectivity index (χ2n) is 5.36. The number of anilines is 1. The van der Waals surface area contributed by atoms with Crippen molar-refractivity contribution < 1.29 is 13.2 Å². The third kappa shape index (κ3) is 4.52. The largest absolute Gasteiger partial charge is 0.325 e. The standard InChI is InChI=1S/C17H17N5O3S/c23-17(9-11-20-26(24,25)15-5-2-1-3-6-15)21-14-7-8-16(18-13-14)22-12-4-10-19-22/h1-8,10,12-13,20H,9,11H2,(H,21,23). The van der Waals surface area contributed by atoms with Gasteiger partial charge < -0.3 is 5.32 Å². The third-order valence-corrected chi connectivity index (χ3v) is 4.95. The maximum atomic E-state index is 12.1. The molecule has 2 aromatic heterocycles. The van der Waals surface area contributed by atoms with Crippen molar-refractivity contribution in [1.29, 1.82) is 0 Å².